The number of nitrogens with zero attached hydrogens (tertiary/aromatic N) is 6. The third-order valence-electron chi connectivity index (χ3n) is 11.7. The van der Waals surface area contributed by atoms with E-state index in [0.717, 1.165) is 77.5 Å². The average molecular weight is 733 g/mol. The van der Waals surface area contributed by atoms with Gasteiger partial charge in [-0.2, -0.15) is 0 Å². The van der Waals surface area contributed by atoms with Gasteiger partial charge in [0, 0.05) is 0 Å². The van der Waals surface area contributed by atoms with Crippen LogP contribution in [0.2, 0.25) is 0 Å². The summed E-state index contributed by atoms with van der Waals surface area (Å²) in [6.45, 7) is 16.9. The Morgan fingerprint density at radius 3 is 0.768 bits per heavy atom. The minimum Gasteiger partial charge on any atom is -0.336 e. The van der Waals surface area contributed by atoms with Crippen molar-refractivity contribution in [2.45, 2.75) is 55.4 Å². The molecular weight excluding hydrogens is 693 g/mol. The highest BCUT2D eigenvalue weighted by Gasteiger charge is 2.20. The van der Waals surface area contributed by atoms with Gasteiger partial charge in [-0.05, 0) is 160 Å². The summed E-state index contributed by atoms with van der Waals surface area (Å²) in [4.78, 5) is 45.0. The number of H-pyrrole nitrogens is 4. The molecule has 56 heavy (non-hydrogen) atoms. The highest BCUT2D eigenvalue weighted by molar-refractivity contribution is 5.89. The fraction of sp³-hybridized carbons (Fsp3) is 0.174. The minimum atomic E-state index is 0.681. The summed E-state index contributed by atoms with van der Waals surface area (Å²) in [6.07, 6.45) is 0. The van der Waals surface area contributed by atoms with Gasteiger partial charge < -0.3 is 19.9 Å². The highest BCUT2D eigenvalue weighted by atomic mass is 15.0. The fourth-order valence-corrected chi connectivity index (χ4v) is 7.64. The van der Waals surface area contributed by atoms with Crippen molar-refractivity contribution in [3.05, 3.63) is 117 Å². The van der Waals surface area contributed by atoms with E-state index in [-0.39, 0.29) is 0 Å². The molecule has 4 aromatic carbocycles. The molecule has 10 aromatic rings. The first kappa shape index (κ1) is 33.6. The molecule has 10 nitrogen and oxygen atoms in total. The monoisotopic (exact) mass is 732 g/mol. The highest BCUT2D eigenvalue weighted by Crippen LogP contribution is 2.36. The van der Waals surface area contributed by atoms with Crippen LogP contribution in [-0.2, 0) is 0 Å². The molecule has 0 amide bonds. The van der Waals surface area contributed by atoms with Gasteiger partial charge in [-0.1, -0.05) is 24.3 Å². The van der Waals surface area contributed by atoms with Crippen LogP contribution < -0.4 is 0 Å². The van der Waals surface area contributed by atoms with E-state index in [9.17, 15) is 0 Å². The maximum absolute atomic E-state index is 5.21. The second kappa shape index (κ2) is 12.3. The number of hydrogen-bond donors (Lipinski definition) is 4. The number of pyridine rings is 2. The van der Waals surface area contributed by atoms with Crippen LogP contribution in [0.4, 0.5) is 0 Å². The molecule has 274 valence electrons. The first-order valence-electron chi connectivity index (χ1n) is 18.9. The number of aromatic nitrogens is 10. The normalized spacial score (nSPS) is 11.9. The van der Waals surface area contributed by atoms with Crippen LogP contribution in [0.5, 0.6) is 0 Å². The Morgan fingerprint density at radius 2 is 0.536 bits per heavy atom. The predicted octanol–water partition coefficient (Wildman–Crippen LogP) is 10.8. The summed E-state index contributed by atoms with van der Waals surface area (Å²) in [6, 6.07) is 25.0. The molecule has 0 saturated carbocycles. The molecule has 0 bridgehead atoms. The van der Waals surface area contributed by atoms with Crippen LogP contribution in [0.25, 0.3) is 101 Å². The lowest BCUT2D eigenvalue weighted by atomic mass is 10.0. The van der Waals surface area contributed by atoms with Crippen LogP contribution >= 0.6 is 0 Å². The molecule has 0 aliphatic heterocycles. The zero-order chi connectivity index (χ0) is 38.6. The van der Waals surface area contributed by atoms with Gasteiger partial charge in [0.05, 0.1) is 44.1 Å². The van der Waals surface area contributed by atoms with E-state index in [1.807, 2.05) is 0 Å². The molecule has 0 radical (unpaired) electrons. The van der Waals surface area contributed by atoms with Crippen molar-refractivity contribution < 1.29 is 0 Å². The van der Waals surface area contributed by atoms with Crippen LogP contribution in [0.1, 0.15) is 44.5 Å². The molecule has 0 atom stereocenters. The molecule has 10 heteroatoms. The molecule has 0 aliphatic rings. The molecule has 6 heterocycles. The van der Waals surface area contributed by atoms with Gasteiger partial charge in [-0.3, -0.25) is 0 Å². The zero-order valence-electron chi connectivity index (χ0n) is 32.6. The lowest BCUT2D eigenvalue weighted by Crippen LogP contribution is -1.96. The number of benzene rings is 4. The number of nitrogens with one attached hydrogen (secondary N) is 4. The average Bonchev–Trinajstić information content (AvgIpc) is 4.02. The molecule has 0 fully saturated rings. The van der Waals surface area contributed by atoms with Crippen LogP contribution in [-0.4, -0.2) is 49.8 Å². The first-order valence-corrected chi connectivity index (χ1v) is 18.9. The smallest absolute Gasteiger partial charge is 0.157 e. The van der Waals surface area contributed by atoms with E-state index in [0.29, 0.717) is 46.1 Å². The van der Waals surface area contributed by atoms with E-state index in [2.05, 4.69) is 148 Å². The largest absolute Gasteiger partial charge is 0.336 e. The summed E-state index contributed by atoms with van der Waals surface area (Å²) >= 11 is 0. The van der Waals surface area contributed by atoms with Gasteiger partial charge in [0.15, 0.2) is 23.3 Å². The third kappa shape index (κ3) is 5.31. The molecule has 0 aliphatic carbocycles. The molecule has 0 spiro atoms. The maximum atomic E-state index is 5.21. The van der Waals surface area contributed by atoms with E-state index in [4.69, 9.17) is 29.9 Å². The van der Waals surface area contributed by atoms with Crippen molar-refractivity contribution in [2.75, 3.05) is 0 Å². The number of aromatic amines is 4. The Bertz CT molecular complexity index is 2820. The third-order valence-corrected chi connectivity index (χ3v) is 11.7. The number of fused-ring (bicyclic) bond motifs is 4. The minimum absolute atomic E-state index is 0.681. The van der Waals surface area contributed by atoms with Crippen molar-refractivity contribution in [3.63, 3.8) is 0 Å². The molecule has 0 saturated heterocycles. The topological polar surface area (TPSA) is 140 Å². The predicted molar refractivity (Wildman–Crippen MR) is 226 cm³/mol. The Kier molecular flexibility index (Phi) is 7.38. The van der Waals surface area contributed by atoms with Gasteiger partial charge in [0.25, 0.3) is 0 Å². The zero-order valence-corrected chi connectivity index (χ0v) is 32.6. The summed E-state index contributed by atoms with van der Waals surface area (Å²) in [5, 5.41) is 0. The van der Waals surface area contributed by atoms with Gasteiger partial charge in [-0.25, -0.2) is 29.9 Å². The molecule has 6 aromatic heterocycles. The standard InChI is InChI=1S/C46H40N10/c1-21-9-13-31-39(25(21)5)53-43(49-31)35-17-29(18-36(47-35)44-50-32-14-10-22(2)26(6)40(32)54-44)30-19-37(45-51-33-15-11-23(3)27(7)41(33)55-45)48-38(20-30)46-52-34-16-12-24(4)28(8)42(34)56-46/h9-20H,1-8H3,(H,49,53)(H,50,54)(H,51,55)(H,52,56). The van der Waals surface area contributed by atoms with Crippen molar-refractivity contribution in [1.29, 1.82) is 0 Å². The van der Waals surface area contributed by atoms with Gasteiger partial charge in [-0.15, -0.1) is 0 Å². The van der Waals surface area contributed by atoms with E-state index in [1.54, 1.807) is 0 Å². The van der Waals surface area contributed by atoms with Crippen molar-refractivity contribution in [3.8, 4) is 57.2 Å². The summed E-state index contributed by atoms with van der Waals surface area (Å²) in [7, 11) is 0. The molecule has 10 rings (SSSR count). The van der Waals surface area contributed by atoms with E-state index >= 15 is 0 Å². The van der Waals surface area contributed by atoms with Gasteiger partial charge >= 0.3 is 0 Å². The number of imidazole rings is 4. The van der Waals surface area contributed by atoms with Crippen LogP contribution in [0, 0.1) is 55.4 Å². The Labute approximate surface area is 323 Å². The Balaban J connectivity index is 1.23. The van der Waals surface area contributed by atoms with Crippen LogP contribution in [0.3, 0.4) is 0 Å². The van der Waals surface area contributed by atoms with Gasteiger partial charge in [0.2, 0.25) is 0 Å². The summed E-state index contributed by atoms with van der Waals surface area (Å²) in [5.41, 5.74) is 21.7. The fourth-order valence-electron chi connectivity index (χ4n) is 7.64. The Morgan fingerprint density at radius 1 is 0.304 bits per heavy atom. The Hall–Kier alpha value is -6.94. The van der Waals surface area contributed by atoms with Crippen molar-refractivity contribution in [1.82, 2.24) is 49.8 Å². The number of rotatable bonds is 5. The second-order valence-electron chi connectivity index (χ2n) is 15.2. The SMILES string of the molecule is Cc1ccc2nc(-c3cc(-c4cc(-c5nc6ccc(C)c(C)c6[nH]5)nc(-c5nc6ccc(C)c(C)c6[nH]5)c4)cc(-c4nc5ccc(C)c(C)c5[nH]4)n3)[nH]c2c1C. The second-order valence-corrected chi connectivity index (χ2v) is 15.2. The molecule has 0 unspecified atom stereocenters. The van der Waals surface area contributed by atoms with Gasteiger partial charge in [0.1, 0.15) is 22.8 Å². The van der Waals surface area contributed by atoms with Crippen molar-refractivity contribution >= 4 is 44.1 Å². The maximum Gasteiger partial charge on any atom is 0.157 e. The number of aryl methyl sites for hydroxylation is 8. The van der Waals surface area contributed by atoms with Crippen molar-refractivity contribution in [2.24, 2.45) is 0 Å². The quantitative estimate of drug-likeness (QED) is 0.139. The molecule has 4 N–H and O–H groups in total. The summed E-state index contributed by atoms with van der Waals surface area (Å²) < 4.78 is 0. The number of hydrogen-bond acceptors (Lipinski definition) is 6. The first-order chi connectivity index (χ1) is 27.0. The van der Waals surface area contributed by atoms with E-state index in [1.165, 1.54) is 22.3 Å². The lowest BCUT2D eigenvalue weighted by molar-refractivity contribution is 1.19. The van der Waals surface area contributed by atoms with Crippen LogP contribution in [0.15, 0.2) is 72.8 Å². The lowest BCUT2D eigenvalue weighted by Gasteiger charge is -2.10. The molecular formula is C46H40N10. The van der Waals surface area contributed by atoms with E-state index < -0.39 is 0 Å². The summed E-state index contributed by atoms with van der Waals surface area (Å²) in [5.74, 6) is 2.72.